The summed E-state index contributed by atoms with van der Waals surface area (Å²) in [4.78, 5) is 39.7. The Balaban J connectivity index is 1.90. The van der Waals surface area contributed by atoms with Crippen molar-refractivity contribution in [2.45, 2.75) is 32.7 Å². The lowest BCUT2D eigenvalue weighted by Gasteiger charge is -2.35. The summed E-state index contributed by atoms with van der Waals surface area (Å²) in [5, 5.41) is 5.62. The molecule has 2 atom stereocenters. The van der Waals surface area contributed by atoms with Gasteiger partial charge in [-0.1, -0.05) is 12.1 Å². The van der Waals surface area contributed by atoms with Crippen LogP contribution in [0, 0.1) is 5.92 Å². The van der Waals surface area contributed by atoms with Gasteiger partial charge in [-0.2, -0.15) is 0 Å². The lowest BCUT2D eigenvalue weighted by Crippen LogP contribution is -2.50. The first-order chi connectivity index (χ1) is 15.5. The number of methoxy groups -OCH3 is 1. The van der Waals surface area contributed by atoms with E-state index in [1.807, 2.05) is 12.1 Å². The van der Waals surface area contributed by atoms with Crippen LogP contribution in [0.2, 0.25) is 0 Å². The standard InChI is InChI=1S/C23H31N3O6/c1-4-31-21(27)16-7-6-12-26(13-16)14-18-19(22(28)32-5-2)20(25-23(29)24-18)15-8-10-17(30-3)11-9-15/h8-11,16,20H,4-7,12-14H2,1-3H3,(H2,24,25,29)/t16-,20-/m1/s1. The summed E-state index contributed by atoms with van der Waals surface area (Å²) in [5.74, 6) is -0.239. The third kappa shape index (κ3) is 5.59. The molecule has 174 valence electrons. The van der Waals surface area contributed by atoms with E-state index in [0.717, 1.165) is 24.9 Å². The van der Waals surface area contributed by atoms with Crippen molar-refractivity contribution in [3.8, 4) is 5.75 Å². The third-order valence-corrected chi connectivity index (χ3v) is 5.61. The van der Waals surface area contributed by atoms with E-state index in [-0.39, 0.29) is 18.5 Å². The fraction of sp³-hybridized carbons (Fsp3) is 0.522. The highest BCUT2D eigenvalue weighted by Gasteiger charge is 2.35. The molecule has 9 heteroatoms. The Morgan fingerprint density at radius 3 is 2.50 bits per heavy atom. The molecule has 0 aliphatic carbocycles. The van der Waals surface area contributed by atoms with Crippen molar-refractivity contribution < 1.29 is 28.6 Å². The number of hydrogen-bond donors (Lipinski definition) is 2. The Hall–Kier alpha value is -3.07. The van der Waals surface area contributed by atoms with Crippen molar-refractivity contribution in [3.63, 3.8) is 0 Å². The second kappa shape index (κ2) is 11.0. The van der Waals surface area contributed by atoms with Crippen LogP contribution in [0.1, 0.15) is 38.3 Å². The summed E-state index contributed by atoms with van der Waals surface area (Å²) in [6.07, 6.45) is 1.60. The summed E-state index contributed by atoms with van der Waals surface area (Å²) in [7, 11) is 1.57. The lowest BCUT2D eigenvalue weighted by atomic mass is 9.93. The largest absolute Gasteiger partial charge is 0.497 e. The summed E-state index contributed by atoms with van der Waals surface area (Å²) < 4.78 is 15.7. The molecule has 0 spiro atoms. The van der Waals surface area contributed by atoms with Crippen molar-refractivity contribution in [1.82, 2.24) is 15.5 Å². The van der Waals surface area contributed by atoms with Crippen LogP contribution in [0.15, 0.2) is 35.5 Å². The molecule has 1 aromatic rings. The van der Waals surface area contributed by atoms with Gasteiger partial charge in [0, 0.05) is 18.8 Å². The Kier molecular flexibility index (Phi) is 8.10. The van der Waals surface area contributed by atoms with Gasteiger partial charge in [0.15, 0.2) is 0 Å². The maximum absolute atomic E-state index is 12.9. The van der Waals surface area contributed by atoms with Gasteiger partial charge in [-0.05, 0) is 50.9 Å². The van der Waals surface area contributed by atoms with Gasteiger partial charge in [-0.15, -0.1) is 0 Å². The van der Waals surface area contributed by atoms with Crippen LogP contribution < -0.4 is 15.4 Å². The number of benzene rings is 1. The SMILES string of the molecule is CCOC(=O)C1=C(CN2CCC[C@@H](C(=O)OCC)C2)NC(=O)N[C@@H]1c1ccc(OC)cc1. The molecular weight excluding hydrogens is 414 g/mol. The summed E-state index contributed by atoms with van der Waals surface area (Å²) in [5.41, 5.74) is 1.58. The smallest absolute Gasteiger partial charge is 0.338 e. The molecular formula is C23H31N3O6. The third-order valence-electron chi connectivity index (χ3n) is 5.61. The molecule has 0 aromatic heterocycles. The Labute approximate surface area is 188 Å². The monoisotopic (exact) mass is 445 g/mol. The second-order valence-corrected chi connectivity index (χ2v) is 7.74. The van der Waals surface area contributed by atoms with Crippen LogP contribution in [-0.4, -0.2) is 62.8 Å². The number of ether oxygens (including phenoxy) is 3. The maximum Gasteiger partial charge on any atom is 0.338 e. The average Bonchev–Trinajstić information content (AvgIpc) is 2.79. The average molecular weight is 446 g/mol. The zero-order chi connectivity index (χ0) is 23.1. The van der Waals surface area contributed by atoms with E-state index in [0.29, 0.717) is 36.7 Å². The van der Waals surface area contributed by atoms with Crippen LogP contribution in [0.5, 0.6) is 5.75 Å². The minimum atomic E-state index is -0.658. The predicted octanol–water partition coefficient (Wildman–Crippen LogP) is 2.14. The fourth-order valence-electron chi connectivity index (χ4n) is 4.11. The number of hydrogen-bond acceptors (Lipinski definition) is 7. The number of carbonyl (C=O) groups is 3. The lowest BCUT2D eigenvalue weighted by molar-refractivity contribution is -0.150. The Morgan fingerprint density at radius 2 is 1.84 bits per heavy atom. The van der Waals surface area contributed by atoms with Gasteiger partial charge in [0.2, 0.25) is 0 Å². The highest BCUT2D eigenvalue weighted by Crippen LogP contribution is 2.30. The molecule has 0 radical (unpaired) electrons. The number of rotatable bonds is 8. The topological polar surface area (TPSA) is 106 Å². The zero-order valence-corrected chi connectivity index (χ0v) is 18.8. The molecule has 1 fully saturated rings. The van der Waals surface area contributed by atoms with Gasteiger partial charge in [0.05, 0.1) is 37.9 Å². The minimum Gasteiger partial charge on any atom is -0.497 e. The molecule has 2 N–H and O–H groups in total. The molecule has 1 saturated heterocycles. The number of nitrogens with one attached hydrogen (secondary N) is 2. The highest BCUT2D eigenvalue weighted by molar-refractivity contribution is 5.95. The minimum absolute atomic E-state index is 0.206. The van der Waals surface area contributed by atoms with E-state index in [9.17, 15) is 14.4 Å². The number of esters is 2. The number of likely N-dealkylation sites (tertiary alicyclic amines) is 1. The first-order valence-corrected chi connectivity index (χ1v) is 11.0. The first-order valence-electron chi connectivity index (χ1n) is 11.0. The van der Waals surface area contributed by atoms with Gasteiger partial charge in [0.1, 0.15) is 5.75 Å². The van der Waals surface area contributed by atoms with E-state index in [1.54, 1.807) is 33.1 Å². The Morgan fingerprint density at radius 1 is 1.12 bits per heavy atom. The quantitative estimate of drug-likeness (QED) is 0.591. The van der Waals surface area contributed by atoms with Crippen molar-refractivity contribution >= 4 is 18.0 Å². The first kappa shape index (κ1) is 23.6. The molecule has 2 heterocycles. The van der Waals surface area contributed by atoms with Crippen LogP contribution in [0.25, 0.3) is 0 Å². The fourth-order valence-corrected chi connectivity index (χ4v) is 4.11. The molecule has 32 heavy (non-hydrogen) atoms. The molecule has 9 nitrogen and oxygen atoms in total. The van der Waals surface area contributed by atoms with Gasteiger partial charge in [-0.25, -0.2) is 9.59 Å². The van der Waals surface area contributed by atoms with Crippen LogP contribution in [0.4, 0.5) is 4.79 Å². The predicted molar refractivity (Wildman–Crippen MR) is 117 cm³/mol. The maximum atomic E-state index is 12.9. The van der Waals surface area contributed by atoms with Crippen LogP contribution in [0.3, 0.4) is 0 Å². The summed E-state index contributed by atoms with van der Waals surface area (Å²) in [6, 6.07) is 6.12. The van der Waals surface area contributed by atoms with Crippen molar-refractivity contribution in [2.75, 3.05) is 40.0 Å². The van der Waals surface area contributed by atoms with Crippen LogP contribution >= 0.6 is 0 Å². The van der Waals surface area contributed by atoms with E-state index >= 15 is 0 Å². The molecule has 1 aromatic carbocycles. The molecule has 0 unspecified atom stereocenters. The van der Waals surface area contributed by atoms with E-state index in [4.69, 9.17) is 14.2 Å². The van der Waals surface area contributed by atoms with Crippen molar-refractivity contribution in [3.05, 3.63) is 41.1 Å². The summed E-state index contributed by atoms with van der Waals surface area (Å²) in [6.45, 7) is 5.68. The van der Waals surface area contributed by atoms with Gasteiger partial charge in [-0.3, -0.25) is 9.69 Å². The molecule has 2 aliphatic rings. The van der Waals surface area contributed by atoms with Crippen LogP contribution in [-0.2, 0) is 19.1 Å². The van der Waals surface area contributed by atoms with E-state index in [2.05, 4.69) is 15.5 Å². The van der Waals surface area contributed by atoms with Crippen molar-refractivity contribution in [2.24, 2.45) is 5.92 Å². The van der Waals surface area contributed by atoms with Gasteiger partial charge < -0.3 is 24.8 Å². The van der Waals surface area contributed by atoms with Gasteiger partial charge >= 0.3 is 18.0 Å². The van der Waals surface area contributed by atoms with E-state index < -0.39 is 18.0 Å². The van der Waals surface area contributed by atoms with Gasteiger partial charge in [0.25, 0.3) is 0 Å². The zero-order valence-electron chi connectivity index (χ0n) is 18.8. The number of amides is 2. The molecule has 2 amide bonds. The molecule has 0 bridgehead atoms. The van der Waals surface area contributed by atoms with E-state index in [1.165, 1.54) is 0 Å². The number of nitrogens with zero attached hydrogens (tertiary/aromatic N) is 1. The Bertz CT molecular complexity index is 867. The molecule has 3 rings (SSSR count). The van der Waals surface area contributed by atoms with Crippen molar-refractivity contribution in [1.29, 1.82) is 0 Å². The number of urea groups is 1. The molecule has 2 aliphatic heterocycles. The molecule has 0 saturated carbocycles. The highest BCUT2D eigenvalue weighted by atomic mass is 16.5. The number of piperidine rings is 1. The second-order valence-electron chi connectivity index (χ2n) is 7.74. The number of carbonyl (C=O) groups excluding carboxylic acids is 3. The normalized spacial score (nSPS) is 21.4. The summed E-state index contributed by atoms with van der Waals surface area (Å²) >= 11 is 0.